The average Bonchev–Trinajstić information content (AvgIpc) is 2.64. The molecule has 0 spiro atoms. The number of nitrogens with zero attached hydrogens (tertiary/aromatic N) is 1. The van der Waals surface area contributed by atoms with Crippen molar-refractivity contribution in [3.63, 3.8) is 0 Å². The number of hydrogen-bond donors (Lipinski definition) is 1. The molecule has 0 aliphatic heterocycles. The Morgan fingerprint density at radius 1 is 1.57 bits per heavy atom. The number of thiophene rings is 1. The second kappa shape index (κ2) is 5.78. The molecule has 0 aromatic carbocycles. The van der Waals surface area contributed by atoms with E-state index in [4.69, 9.17) is 0 Å². The summed E-state index contributed by atoms with van der Waals surface area (Å²) in [5, 5.41) is 6.66. The normalized spacial score (nSPS) is 10.5. The largest absolute Gasteiger partial charge is 0.352 e. The van der Waals surface area contributed by atoms with E-state index in [2.05, 4.69) is 10.2 Å². The molecule has 0 aliphatic carbocycles. The first-order valence-electron chi connectivity index (χ1n) is 4.65. The molecule has 1 N–H and O–H groups in total. The van der Waals surface area contributed by atoms with Crippen LogP contribution in [-0.2, 0) is 0 Å². The zero-order valence-electron chi connectivity index (χ0n) is 8.62. The molecule has 0 aliphatic rings. The molecule has 1 heterocycles. The van der Waals surface area contributed by atoms with Gasteiger partial charge in [-0.1, -0.05) is 0 Å². The van der Waals surface area contributed by atoms with Crippen LogP contribution in [0.4, 0.5) is 0 Å². The number of amides is 1. The Morgan fingerprint density at radius 3 is 2.93 bits per heavy atom. The third-order valence-corrected chi connectivity index (χ3v) is 2.53. The lowest BCUT2D eigenvalue weighted by atomic mass is 10.3. The van der Waals surface area contributed by atoms with Gasteiger partial charge < -0.3 is 10.2 Å². The summed E-state index contributed by atoms with van der Waals surface area (Å²) in [6.07, 6.45) is 0.989. The Balaban J connectivity index is 2.16. The summed E-state index contributed by atoms with van der Waals surface area (Å²) in [5.74, 6) is 0.0324. The maximum atomic E-state index is 11.4. The van der Waals surface area contributed by atoms with E-state index >= 15 is 0 Å². The van der Waals surface area contributed by atoms with E-state index in [0.29, 0.717) is 0 Å². The molecule has 1 aromatic heterocycles. The molecule has 78 valence electrons. The van der Waals surface area contributed by atoms with Gasteiger partial charge in [0.05, 0.1) is 0 Å². The zero-order valence-corrected chi connectivity index (χ0v) is 9.43. The van der Waals surface area contributed by atoms with E-state index in [1.165, 1.54) is 0 Å². The molecule has 0 bridgehead atoms. The van der Waals surface area contributed by atoms with E-state index in [1.807, 2.05) is 30.9 Å². The van der Waals surface area contributed by atoms with E-state index in [9.17, 15) is 4.79 Å². The minimum absolute atomic E-state index is 0.0324. The molecule has 1 rings (SSSR count). The lowest BCUT2D eigenvalue weighted by Gasteiger charge is -2.09. The van der Waals surface area contributed by atoms with Gasteiger partial charge in [-0.25, -0.2) is 0 Å². The lowest BCUT2D eigenvalue weighted by Crippen LogP contribution is -2.26. The van der Waals surface area contributed by atoms with Gasteiger partial charge in [0.25, 0.3) is 5.91 Å². The van der Waals surface area contributed by atoms with Crippen molar-refractivity contribution in [2.24, 2.45) is 0 Å². The summed E-state index contributed by atoms with van der Waals surface area (Å²) in [6, 6.07) is 1.84. The molecule has 1 aromatic rings. The highest BCUT2D eigenvalue weighted by molar-refractivity contribution is 7.08. The van der Waals surface area contributed by atoms with Gasteiger partial charge in [0.15, 0.2) is 0 Å². The summed E-state index contributed by atoms with van der Waals surface area (Å²) in [7, 11) is 4.06. The Hall–Kier alpha value is -0.870. The number of nitrogens with one attached hydrogen (secondary N) is 1. The van der Waals surface area contributed by atoms with Crippen LogP contribution in [0.15, 0.2) is 16.8 Å². The molecule has 0 saturated heterocycles. The Morgan fingerprint density at radius 2 is 2.36 bits per heavy atom. The van der Waals surface area contributed by atoms with Gasteiger partial charge in [0, 0.05) is 17.5 Å². The molecule has 14 heavy (non-hydrogen) atoms. The molecular weight excluding hydrogens is 196 g/mol. The van der Waals surface area contributed by atoms with Gasteiger partial charge in [-0.2, -0.15) is 11.3 Å². The first-order valence-corrected chi connectivity index (χ1v) is 5.59. The van der Waals surface area contributed by atoms with Crippen molar-refractivity contribution in [3.8, 4) is 0 Å². The zero-order chi connectivity index (χ0) is 10.4. The van der Waals surface area contributed by atoms with Gasteiger partial charge in [-0.15, -0.1) is 0 Å². The summed E-state index contributed by atoms with van der Waals surface area (Å²) in [4.78, 5) is 13.5. The van der Waals surface area contributed by atoms with Crippen LogP contribution in [0, 0.1) is 0 Å². The summed E-state index contributed by atoms with van der Waals surface area (Å²) < 4.78 is 0. The molecular formula is C10H16N2OS. The fourth-order valence-electron chi connectivity index (χ4n) is 1.09. The quantitative estimate of drug-likeness (QED) is 0.749. The van der Waals surface area contributed by atoms with E-state index in [-0.39, 0.29) is 5.91 Å². The van der Waals surface area contributed by atoms with Gasteiger partial charge >= 0.3 is 0 Å². The predicted octanol–water partition coefficient (Wildman–Crippen LogP) is 1.43. The fourth-order valence-corrected chi connectivity index (χ4v) is 1.73. The van der Waals surface area contributed by atoms with Gasteiger partial charge in [0.1, 0.15) is 0 Å². The van der Waals surface area contributed by atoms with Crippen LogP contribution in [0.1, 0.15) is 16.8 Å². The molecule has 0 unspecified atom stereocenters. The van der Waals surface area contributed by atoms with Crippen molar-refractivity contribution < 1.29 is 4.79 Å². The van der Waals surface area contributed by atoms with Crippen molar-refractivity contribution in [1.82, 2.24) is 10.2 Å². The highest BCUT2D eigenvalue weighted by atomic mass is 32.1. The summed E-state index contributed by atoms with van der Waals surface area (Å²) >= 11 is 1.54. The first-order chi connectivity index (χ1) is 6.70. The summed E-state index contributed by atoms with van der Waals surface area (Å²) in [5.41, 5.74) is 0.764. The number of carbonyl (C=O) groups excluding carboxylic acids is 1. The highest BCUT2D eigenvalue weighted by Gasteiger charge is 2.03. The molecule has 1 amide bonds. The number of carbonyl (C=O) groups is 1. The molecule has 0 radical (unpaired) electrons. The minimum atomic E-state index is 0.0324. The lowest BCUT2D eigenvalue weighted by molar-refractivity contribution is 0.0953. The average molecular weight is 212 g/mol. The molecule has 0 atom stereocenters. The third-order valence-electron chi connectivity index (χ3n) is 1.85. The topological polar surface area (TPSA) is 32.3 Å². The highest BCUT2D eigenvalue weighted by Crippen LogP contribution is 2.04. The van der Waals surface area contributed by atoms with Crippen molar-refractivity contribution in [2.75, 3.05) is 27.2 Å². The Bertz CT molecular complexity index is 270. The minimum Gasteiger partial charge on any atom is -0.352 e. The number of hydrogen-bond acceptors (Lipinski definition) is 3. The SMILES string of the molecule is CN(C)CCCNC(=O)c1ccsc1. The predicted molar refractivity (Wildman–Crippen MR) is 59.8 cm³/mol. The second-order valence-electron chi connectivity index (χ2n) is 3.42. The second-order valence-corrected chi connectivity index (χ2v) is 4.20. The van der Waals surface area contributed by atoms with Gasteiger partial charge in [0.2, 0.25) is 0 Å². The van der Waals surface area contributed by atoms with E-state index in [1.54, 1.807) is 11.3 Å². The molecule has 0 saturated carbocycles. The number of rotatable bonds is 5. The van der Waals surface area contributed by atoms with Gasteiger partial charge in [-0.05, 0) is 38.5 Å². The molecule has 3 nitrogen and oxygen atoms in total. The van der Waals surface area contributed by atoms with Crippen LogP contribution in [0.3, 0.4) is 0 Å². The summed E-state index contributed by atoms with van der Waals surface area (Å²) in [6.45, 7) is 1.75. The van der Waals surface area contributed by atoms with Crippen LogP contribution in [0.25, 0.3) is 0 Å². The van der Waals surface area contributed by atoms with Crippen molar-refractivity contribution in [1.29, 1.82) is 0 Å². The van der Waals surface area contributed by atoms with E-state index in [0.717, 1.165) is 25.1 Å². The molecule has 4 heteroatoms. The van der Waals surface area contributed by atoms with Crippen LogP contribution in [0.2, 0.25) is 0 Å². The maximum absolute atomic E-state index is 11.4. The Labute approximate surface area is 88.7 Å². The Kier molecular flexibility index (Phi) is 4.62. The van der Waals surface area contributed by atoms with Crippen LogP contribution >= 0.6 is 11.3 Å². The smallest absolute Gasteiger partial charge is 0.252 e. The standard InChI is InChI=1S/C10H16N2OS/c1-12(2)6-3-5-11-10(13)9-4-7-14-8-9/h4,7-8H,3,5-6H2,1-2H3,(H,11,13). The van der Waals surface area contributed by atoms with Crippen LogP contribution < -0.4 is 5.32 Å². The van der Waals surface area contributed by atoms with E-state index < -0.39 is 0 Å². The first kappa shape index (κ1) is 11.2. The van der Waals surface area contributed by atoms with Gasteiger partial charge in [-0.3, -0.25) is 4.79 Å². The maximum Gasteiger partial charge on any atom is 0.252 e. The van der Waals surface area contributed by atoms with Crippen molar-refractivity contribution in [3.05, 3.63) is 22.4 Å². The van der Waals surface area contributed by atoms with Crippen molar-refractivity contribution >= 4 is 17.2 Å². The molecule has 0 fully saturated rings. The third kappa shape index (κ3) is 3.89. The van der Waals surface area contributed by atoms with Crippen LogP contribution in [-0.4, -0.2) is 38.0 Å². The van der Waals surface area contributed by atoms with Crippen LogP contribution in [0.5, 0.6) is 0 Å². The van der Waals surface area contributed by atoms with Crippen molar-refractivity contribution in [2.45, 2.75) is 6.42 Å². The monoisotopic (exact) mass is 212 g/mol. The fraction of sp³-hybridized carbons (Fsp3) is 0.500.